The minimum Gasteiger partial charge on any atom is -1.00 e. The molecule has 76 valence electrons. The van der Waals surface area contributed by atoms with Crippen molar-refractivity contribution in [1.29, 1.82) is 0 Å². The zero-order chi connectivity index (χ0) is 10.0. The van der Waals surface area contributed by atoms with E-state index in [4.69, 9.17) is 0 Å². The first-order valence-electron chi connectivity index (χ1n) is 4.04. The monoisotopic (exact) mass is 213 g/mol. The summed E-state index contributed by atoms with van der Waals surface area (Å²) in [5, 5.41) is 0. The summed E-state index contributed by atoms with van der Waals surface area (Å²) in [6.07, 6.45) is 1.72. The summed E-state index contributed by atoms with van der Waals surface area (Å²) in [5.41, 5.74) is 1.12. The molecule has 0 saturated heterocycles. The van der Waals surface area contributed by atoms with Gasteiger partial charge in [0.1, 0.15) is 7.05 Å². The predicted molar refractivity (Wildman–Crippen MR) is 47.6 cm³/mol. The highest BCUT2D eigenvalue weighted by molar-refractivity contribution is 5.97. The van der Waals surface area contributed by atoms with Gasteiger partial charge in [-0.2, -0.15) is 4.57 Å². The largest absolute Gasteiger partial charge is 1.00 e. The number of ketones is 2. The topological polar surface area (TPSA) is 38.0 Å². The molecule has 0 spiro atoms. The smallest absolute Gasteiger partial charge is 0.248 e. The Hall–Kier alpha value is -1.22. The van der Waals surface area contributed by atoms with E-state index in [0.717, 1.165) is 0 Å². The van der Waals surface area contributed by atoms with Gasteiger partial charge in [0.25, 0.3) is 0 Å². The number of pyridine rings is 1. The molecule has 1 heterocycles. The number of halogens is 1. The maximum absolute atomic E-state index is 11.1. The average Bonchev–Trinajstić information content (AvgIpc) is 2.04. The van der Waals surface area contributed by atoms with E-state index < -0.39 is 0 Å². The first-order valence-corrected chi connectivity index (χ1v) is 4.04. The van der Waals surface area contributed by atoms with E-state index >= 15 is 0 Å². The van der Waals surface area contributed by atoms with E-state index in [9.17, 15) is 9.59 Å². The molecule has 0 aliphatic rings. The van der Waals surface area contributed by atoms with Crippen molar-refractivity contribution in [2.75, 3.05) is 0 Å². The molecule has 0 aliphatic heterocycles. The molecule has 0 unspecified atom stereocenters. The zero-order valence-corrected chi connectivity index (χ0v) is 9.13. The Morgan fingerprint density at radius 1 is 1.21 bits per heavy atom. The molecule has 4 heteroatoms. The molecule has 0 radical (unpaired) electrons. The van der Waals surface area contributed by atoms with Crippen LogP contribution in [0.3, 0.4) is 0 Å². The summed E-state index contributed by atoms with van der Waals surface area (Å²) in [6.45, 7) is 2.97. The van der Waals surface area contributed by atoms with Crippen LogP contribution in [0.2, 0.25) is 0 Å². The van der Waals surface area contributed by atoms with Gasteiger partial charge in [-0.25, -0.2) is 0 Å². The van der Waals surface area contributed by atoms with Crippen LogP contribution in [0.5, 0.6) is 0 Å². The van der Waals surface area contributed by atoms with Gasteiger partial charge in [-0.1, -0.05) is 0 Å². The minimum absolute atomic E-state index is 0. The molecule has 0 amide bonds. The van der Waals surface area contributed by atoms with Crippen LogP contribution in [0, 0.1) is 0 Å². The van der Waals surface area contributed by atoms with Crippen molar-refractivity contribution < 1.29 is 26.6 Å². The second-order valence-electron chi connectivity index (χ2n) is 3.02. The molecule has 1 aromatic rings. The van der Waals surface area contributed by atoms with Crippen molar-refractivity contribution in [1.82, 2.24) is 0 Å². The molecule has 0 fully saturated rings. The van der Waals surface area contributed by atoms with Crippen LogP contribution >= 0.6 is 0 Å². The van der Waals surface area contributed by atoms with Crippen LogP contribution in [0.15, 0.2) is 18.3 Å². The van der Waals surface area contributed by atoms with Gasteiger partial charge in [-0.05, 0) is 6.92 Å². The summed E-state index contributed by atoms with van der Waals surface area (Å²) >= 11 is 0. The van der Waals surface area contributed by atoms with Crippen LogP contribution in [-0.4, -0.2) is 11.6 Å². The highest BCUT2D eigenvalue weighted by Gasteiger charge is 2.13. The zero-order valence-electron chi connectivity index (χ0n) is 8.37. The summed E-state index contributed by atoms with van der Waals surface area (Å²) in [5.74, 6) is -0.0614. The highest BCUT2D eigenvalue weighted by atomic mass is 35.5. The molecule has 1 aromatic heterocycles. The maximum atomic E-state index is 11.1. The van der Waals surface area contributed by atoms with E-state index in [0.29, 0.717) is 11.3 Å². The van der Waals surface area contributed by atoms with Gasteiger partial charge in [0.05, 0.1) is 0 Å². The normalized spacial score (nSPS) is 9.07. The van der Waals surface area contributed by atoms with Gasteiger partial charge in [0.2, 0.25) is 11.5 Å². The Morgan fingerprint density at radius 2 is 1.79 bits per heavy atom. The number of aromatic nitrogens is 1. The third-order valence-electron chi connectivity index (χ3n) is 1.92. The Balaban J connectivity index is 0.00000169. The lowest BCUT2D eigenvalue weighted by molar-refractivity contribution is -0.673. The van der Waals surface area contributed by atoms with Crippen molar-refractivity contribution in [2.24, 2.45) is 7.05 Å². The van der Waals surface area contributed by atoms with Crippen molar-refractivity contribution in [3.8, 4) is 0 Å². The number of rotatable bonds is 2. The molecule has 14 heavy (non-hydrogen) atoms. The number of hydrogen-bond acceptors (Lipinski definition) is 2. The molecule has 1 rings (SSSR count). The lowest BCUT2D eigenvalue weighted by Crippen LogP contribution is -3.00. The second kappa shape index (κ2) is 4.86. The number of Topliss-reactive ketones (excluding diaryl/α,β-unsaturated/α-hetero) is 2. The standard InChI is InChI=1S/C10H12NO2.ClH/c1-7(12)9-4-5-11(3)10(6-9)8(2)13;/h4-6H,1-3H3;1H/q+1;/p-1. The van der Waals surface area contributed by atoms with E-state index in [1.165, 1.54) is 13.8 Å². The fraction of sp³-hybridized carbons (Fsp3) is 0.300. The average molecular weight is 214 g/mol. The quantitative estimate of drug-likeness (QED) is 0.418. The molecular weight excluding hydrogens is 202 g/mol. The maximum Gasteiger partial charge on any atom is 0.248 e. The highest BCUT2D eigenvalue weighted by Crippen LogP contribution is 2.01. The van der Waals surface area contributed by atoms with Crippen molar-refractivity contribution in [3.05, 3.63) is 29.6 Å². The number of nitrogens with zero attached hydrogens (tertiary/aromatic N) is 1. The van der Waals surface area contributed by atoms with Gasteiger partial charge in [-0.3, -0.25) is 9.59 Å². The molecule has 0 N–H and O–H groups in total. The molecule has 0 aromatic carbocycles. The fourth-order valence-corrected chi connectivity index (χ4v) is 1.14. The van der Waals surface area contributed by atoms with Gasteiger partial charge >= 0.3 is 0 Å². The number of carbonyl (C=O) groups excluding carboxylic acids is 2. The second-order valence-corrected chi connectivity index (χ2v) is 3.02. The molecule has 0 saturated carbocycles. The van der Waals surface area contributed by atoms with Crippen LogP contribution < -0.4 is 17.0 Å². The lowest BCUT2D eigenvalue weighted by Gasteiger charge is -1.97. The SMILES string of the molecule is CC(=O)c1cc[n+](C)c(C(C)=O)c1.[Cl-]. The third kappa shape index (κ3) is 2.64. The van der Waals surface area contributed by atoms with E-state index in [1.807, 2.05) is 0 Å². The Morgan fingerprint density at radius 3 is 2.21 bits per heavy atom. The summed E-state index contributed by atoms with van der Waals surface area (Å²) < 4.78 is 1.70. The number of carbonyl (C=O) groups is 2. The third-order valence-corrected chi connectivity index (χ3v) is 1.92. The summed E-state index contributed by atoms with van der Waals surface area (Å²) in [6, 6.07) is 3.32. The van der Waals surface area contributed by atoms with E-state index in [-0.39, 0.29) is 24.0 Å². The van der Waals surface area contributed by atoms with Gasteiger partial charge in [0.15, 0.2) is 12.0 Å². The fourth-order valence-electron chi connectivity index (χ4n) is 1.14. The lowest BCUT2D eigenvalue weighted by atomic mass is 10.1. The van der Waals surface area contributed by atoms with Gasteiger partial charge < -0.3 is 12.4 Å². The van der Waals surface area contributed by atoms with Crippen LogP contribution in [-0.2, 0) is 7.05 Å². The van der Waals surface area contributed by atoms with Gasteiger partial charge in [0, 0.05) is 24.6 Å². The van der Waals surface area contributed by atoms with Gasteiger partial charge in [-0.15, -0.1) is 0 Å². The first-order chi connectivity index (χ1) is 6.02. The predicted octanol–water partition coefficient (Wildman–Crippen LogP) is -2.08. The van der Waals surface area contributed by atoms with Crippen molar-refractivity contribution >= 4 is 11.6 Å². The first kappa shape index (κ1) is 12.8. The minimum atomic E-state index is -0.0365. The molecular formula is C10H12ClNO2. The van der Waals surface area contributed by atoms with E-state index in [1.54, 1.807) is 29.9 Å². The molecule has 0 atom stereocenters. The van der Waals surface area contributed by atoms with E-state index in [2.05, 4.69) is 0 Å². The van der Waals surface area contributed by atoms with Crippen molar-refractivity contribution in [3.63, 3.8) is 0 Å². The van der Waals surface area contributed by atoms with Crippen molar-refractivity contribution in [2.45, 2.75) is 13.8 Å². The Kier molecular flexibility index (Phi) is 4.44. The molecule has 0 aliphatic carbocycles. The number of hydrogen-bond donors (Lipinski definition) is 0. The van der Waals surface area contributed by atoms with Crippen LogP contribution in [0.4, 0.5) is 0 Å². The summed E-state index contributed by atoms with van der Waals surface area (Å²) in [4.78, 5) is 22.1. The van der Waals surface area contributed by atoms with Crippen LogP contribution in [0.25, 0.3) is 0 Å². The van der Waals surface area contributed by atoms with Crippen LogP contribution in [0.1, 0.15) is 34.7 Å². The molecule has 3 nitrogen and oxygen atoms in total. The summed E-state index contributed by atoms with van der Waals surface area (Å²) in [7, 11) is 1.78. The number of aryl methyl sites for hydroxylation is 1. The Bertz CT molecular complexity index is 374. The Labute approximate surface area is 89.2 Å². The molecule has 0 bridgehead atoms.